The minimum absolute atomic E-state index is 0.00116. The molecule has 0 radical (unpaired) electrons. The van der Waals surface area contributed by atoms with Gasteiger partial charge in [0.05, 0.1) is 0 Å². The second-order valence-electron chi connectivity index (χ2n) is 7.88. The van der Waals surface area contributed by atoms with Crippen LogP contribution in [0.5, 0.6) is 5.88 Å². The van der Waals surface area contributed by atoms with Gasteiger partial charge in [-0.1, -0.05) is 24.3 Å². The lowest BCUT2D eigenvalue weighted by Crippen LogP contribution is -2.29. The number of nitrogen functional groups attached to an aromatic ring is 2. The molecule has 3 rings (SSSR count). The SMILES string of the molecule is Nc1cc(N)nc(SCCCC(=O)NC/C=C\COc2cc(CN3CCCCC3)ccn2)n1. The molecule has 0 saturated carbocycles. The van der Waals surface area contributed by atoms with Crippen LogP contribution < -0.4 is 21.5 Å². The van der Waals surface area contributed by atoms with Crippen molar-refractivity contribution in [3.05, 3.63) is 42.1 Å². The van der Waals surface area contributed by atoms with Crippen molar-refractivity contribution >= 4 is 29.3 Å². The monoisotopic (exact) mass is 471 g/mol. The van der Waals surface area contributed by atoms with E-state index >= 15 is 0 Å². The van der Waals surface area contributed by atoms with Crippen LogP contribution in [0.4, 0.5) is 11.6 Å². The Hall–Kier alpha value is -2.85. The second kappa shape index (κ2) is 13.6. The topological polar surface area (TPSA) is 132 Å². The van der Waals surface area contributed by atoms with Crippen molar-refractivity contribution in [2.45, 2.75) is 43.8 Å². The molecule has 0 bridgehead atoms. The summed E-state index contributed by atoms with van der Waals surface area (Å²) in [5.74, 6) is 2.03. The summed E-state index contributed by atoms with van der Waals surface area (Å²) in [6, 6.07) is 5.56. The van der Waals surface area contributed by atoms with Crippen LogP contribution in [0.15, 0.2) is 41.7 Å². The highest BCUT2D eigenvalue weighted by molar-refractivity contribution is 7.99. The van der Waals surface area contributed by atoms with Gasteiger partial charge in [-0.3, -0.25) is 9.69 Å². The average molecular weight is 472 g/mol. The molecule has 0 atom stereocenters. The number of likely N-dealkylation sites (tertiary alicyclic amines) is 1. The minimum atomic E-state index is 0.00116. The zero-order valence-electron chi connectivity index (χ0n) is 18.9. The highest BCUT2D eigenvalue weighted by Crippen LogP contribution is 2.18. The van der Waals surface area contributed by atoms with Gasteiger partial charge in [0.2, 0.25) is 11.8 Å². The number of amides is 1. The van der Waals surface area contributed by atoms with Gasteiger partial charge in [-0.25, -0.2) is 15.0 Å². The molecule has 10 heteroatoms. The molecule has 178 valence electrons. The lowest BCUT2D eigenvalue weighted by molar-refractivity contribution is -0.120. The molecule has 0 unspecified atom stereocenters. The largest absolute Gasteiger partial charge is 0.473 e. The predicted octanol–water partition coefficient (Wildman–Crippen LogP) is 2.65. The summed E-state index contributed by atoms with van der Waals surface area (Å²) in [6.07, 6.45) is 10.6. The molecular formula is C23H33N7O2S. The molecule has 2 aromatic rings. The summed E-state index contributed by atoms with van der Waals surface area (Å²) >= 11 is 1.43. The molecule has 9 nitrogen and oxygen atoms in total. The van der Waals surface area contributed by atoms with Gasteiger partial charge in [-0.05, 0) is 50.1 Å². The zero-order valence-corrected chi connectivity index (χ0v) is 19.7. The summed E-state index contributed by atoms with van der Waals surface area (Å²) in [4.78, 5) is 26.9. The van der Waals surface area contributed by atoms with Crippen LogP contribution in [-0.2, 0) is 11.3 Å². The molecule has 1 aliphatic rings. The maximum Gasteiger partial charge on any atom is 0.220 e. The van der Waals surface area contributed by atoms with E-state index in [2.05, 4.69) is 25.2 Å². The van der Waals surface area contributed by atoms with E-state index in [9.17, 15) is 4.79 Å². The Kier molecular flexibility index (Phi) is 10.2. The summed E-state index contributed by atoms with van der Waals surface area (Å²) < 4.78 is 5.72. The summed E-state index contributed by atoms with van der Waals surface area (Å²) in [5.41, 5.74) is 12.5. The van der Waals surface area contributed by atoms with E-state index in [-0.39, 0.29) is 5.91 Å². The number of anilines is 2. The van der Waals surface area contributed by atoms with Crippen LogP contribution in [0.3, 0.4) is 0 Å². The summed E-state index contributed by atoms with van der Waals surface area (Å²) in [6.45, 7) is 4.15. The number of carbonyl (C=O) groups excluding carboxylic acids is 1. The van der Waals surface area contributed by atoms with Gasteiger partial charge in [0.25, 0.3) is 0 Å². The lowest BCUT2D eigenvalue weighted by atomic mass is 10.1. The molecule has 3 heterocycles. The molecular weight excluding hydrogens is 438 g/mol. The standard InChI is InChI=1S/C23H33N7O2S/c24-19-16-20(25)29-23(28-19)33-14-6-7-21(31)26-9-2-5-13-32-22-15-18(8-10-27-22)17-30-11-3-1-4-12-30/h2,5,8,10,15-16H,1,3-4,6-7,9,11-14,17H2,(H,26,31)(H4,24,25,28,29)/b5-2-. The lowest BCUT2D eigenvalue weighted by Gasteiger charge is -2.26. The van der Waals surface area contributed by atoms with E-state index in [0.29, 0.717) is 54.4 Å². The van der Waals surface area contributed by atoms with Crippen LogP contribution in [0.2, 0.25) is 0 Å². The van der Waals surface area contributed by atoms with Gasteiger partial charge >= 0.3 is 0 Å². The highest BCUT2D eigenvalue weighted by atomic mass is 32.2. The quantitative estimate of drug-likeness (QED) is 0.185. The maximum absolute atomic E-state index is 11.9. The number of carbonyl (C=O) groups is 1. The van der Waals surface area contributed by atoms with Crippen LogP contribution >= 0.6 is 11.8 Å². The number of rotatable bonds is 12. The Labute approximate surface area is 199 Å². The van der Waals surface area contributed by atoms with E-state index in [1.807, 2.05) is 24.3 Å². The van der Waals surface area contributed by atoms with E-state index in [4.69, 9.17) is 16.2 Å². The van der Waals surface area contributed by atoms with E-state index in [1.165, 1.54) is 42.7 Å². The van der Waals surface area contributed by atoms with Gasteiger partial charge in [-0.15, -0.1) is 0 Å². The maximum atomic E-state index is 11.9. The Morgan fingerprint density at radius 2 is 1.94 bits per heavy atom. The first kappa shape index (κ1) is 24.8. The van der Waals surface area contributed by atoms with Crippen molar-refractivity contribution in [2.24, 2.45) is 0 Å². The fraction of sp³-hybridized carbons (Fsp3) is 0.478. The van der Waals surface area contributed by atoms with Crippen LogP contribution in [0.25, 0.3) is 0 Å². The number of nitrogens with two attached hydrogens (primary N) is 2. The molecule has 1 fully saturated rings. The Bertz CT molecular complexity index is 899. The third-order valence-corrected chi connectivity index (χ3v) is 6.02. The average Bonchev–Trinajstić information content (AvgIpc) is 2.79. The molecule has 1 saturated heterocycles. The van der Waals surface area contributed by atoms with Crippen molar-refractivity contribution in [2.75, 3.05) is 43.5 Å². The van der Waals surface area contributed by atoms with E-state index in [0.717, 1.165) is 19.6 Å². The molecule has 0 aromatic carbocycles. The molecule has 1 amide bonds. The fourth-order valence-electron chi connectivity index (χ4n) is 3.47. The Balaban J connectivity index is 1.25. The van der Waals surface area contributed by atoms with Gasteiger partial charge in [0.15, 0.2) is 5.16 Å². The molecule has 0 spiro atoms. The number of pyridine rings is 1. The van der Waals surface area contributed by atoms with Crippen molar-refractivity contribution in [1.29, 1.82) is 0 Å². The van der Waals surface area contributed by atoms with Gasteiger partial charge in [-0.2, -0.15) is 0 Å². The molecule has 0 aliphatic carbocycles. The van der Waals surface area contributed by atoms with Crippen molar-refractivity contribution < 1.29 is 9.53 Å². The Morgan fingerprint density at radius 3 is 2.73 bits per heavy atom. The van der Waals surface area contributed by atoms with Crippen LogP contribution in [0.1, 0.15) is 37.7 Å². The molecule has 5 N–H and O–H groups in total. The molecule has 1 aliphatic heterocycles. The van der Waals surface area contributed by atoms with Crippen molar-refractivity contribution in [3.8, 4) is 5.88 Å². The smallest absolute Gasteiger partial charge is 0.220 e. The molecule has 33 heavy (non-hydrogen) atoms. The van der Waals surface area contributed by atoms with Gasteiger partial charge in [0, 0.05) is 43.6 Å². The number of hydrogen-bond donors (Lipinski definition) is 3. The first-order valence-corrected chi connectivity index (χ1v) is 12.3. The normalized spacial score (nSPS) is 14.4. The number of hydrogen-bond acceptors (Lipinski definition) is 9. The van der Waals surface area contributed by atoms with E-state index < -0.39 is 0 Å². The second-order valence-corrected chi connectivity index (χ2v) is 8.94. The predicted molar refractivity (Wildman–Crippen MR) is 132 cm³/mol. The minimum Gasteiger partial charge on any atom is -0.473 e. The van der Waals surface area contributed by atoms with Crippen molar-refractivity contribution in [3.63, 3.8) is 0 Å². The van der Waals surface area contributed by atoms with Crippen molar-refractivity contribution in [1.82, 2.24) is 25.2 Å². The number of aromatic nitrogens is 3. The van der Waals surface area contributed by atoms with Crippen LogP contribution in [0, 0.1) is 0 Å². The number of ether oxygens (including phenoxy) is 1. The first-order valence-electron chi connectivity index (χ1n) is 11.3. The highest BCUT2D eigenvalue weighted by Gasteiger charge is 2.11. The third-order valence-electron chi connectivity index (χ3n) is 5.09. The zero-order chi connectivity index (χ0) is 23.3. The van der Waals surface area contributed by atoms with E-state index in [1.54, 1.807) is 6.20 Å². The third kappa shape index (κ3) is 9.67. The summed E-state index contributed by atoms with van der Waals surface area (Å²) in [5, 5.41) is 3.40. The number of piperidine rings is 1. The summed E-state index contributed by atoms with van der Waals surface area (Å²) in [7, 11) is 0. The molecule has 2 aromatic heterocycles. The fourth-order valence-corrected chi connectivity index (χ4v) is 4.28. The van der Waals surface area contributed by atoms with Gasteiger partial charge in [0.1, 0.15) is 18.2 Å². The first-order chi connectivity index (χ1) is 16.1. The van der Waals surface area contributed by atoms with Gasteiger partial charge < -0.3 is 21.5 Å². The number of nitrogens with zero attached hydrogens (tertiary/aromatic N) is 4. The van der Waals surface area contributed by atoms with Crippen LogP contribution in [-0.4, -0.2) is 57.8 Å². The number of nitrogens with one attached hydrogen (secondary N) is 1. The Morgan fingerprint density at radius 1 is 1.15 bits per heavy atom. The number of thioether (sulfide) groups is 1.